The van der Waals surface area contributed by atoms with Crippen LogP contribution in [-0.4, -0.2) is 45.4 Å². The number of benzene rings is 2. The first kappa shape index (κ1) is 56.7. The number of thioether (sulfide) groups is 2. The third kappa shape index (κ3) is 27.2. The van der Waals surface area contributed by atoms with Crippen molar-refractivity contribution in [2.75, 3.05) is 36.2 Å². The van der Waals surface area contributed by atoms with Gasteiger partial charge in [0.05, 0.1) is 14.1 Å². The maximum Gasteiger partial charge on any atom is 0.243 e. The molecular weight excluding hydrogens is 861 g/mol. The molecule has 8 heteroatoms. The second kappa shape index (κ2) is 38.0. The molecule has 0 aliphatic carbocycles. The molecule has 0 bridgehead atoms. The standard InChI is InChI=1S/C59H98N4O2S2/c1-5-7-9-11-13-15-17-19-21-23-25-27-29-34-54-36-31-38-58(46-54)64-48-56(62-42-40-60(3)52-62)50-66-44-33-45-67-51-57(63-43-41-61(4)53-63)49-65-59-39-32-37-55(47-59)35-30-28-26-24-22-20-18-16-14-12-10-8-6-2/h31-32,36-43,46-47,52-53,56-57H,5-30,33-35,44-45,48-51H2,1-4H3/q+2. The summed E-state index contributed by atoms with van der Waals surface area (Å²) in [6.45, 7) is 5.96. The number of aryl methyl sites for hydroxylation is 4. The number of hydrogen-bond donors (Lipinski definition) is 0. The van der Waals surface area contributed by atoms with Crippen LogP contribution in [0.25, 0.3) is 0 Å². The SMILES string of the molecule is CCCCCCCCCCCCCCCc1cccc(OCC(CSCCCSCC(COc2cccc(CCCCCCCCCCCCCCC)c2)n2cc[n+](C)c2)n2cc[n+](C)c2)c1. The molecular formula is C59H98N4O2S2+2. The van der Waals surface area contributed by atoms with Gasteiger partial charge in [0.2, 0.25) is 12.7 Å². The normalized spacial score (nSPS) is 12.5. The van der Waals surface area contributed by atoms with Crippen molar-refractivity contribution in [3.8, 4) is 11.5 Å². The molecule has 0 aliphatic rings. The number of hydrogen-bond acceptors (Lipinski definition) is 4. The van der Waals surface area contributed by atoms with Crippen molar-refractivity contribution in [1.29, 1.82) is 0 Å². The fraction of sp³-hybridized carbons (Fsp3) is 0.695. The molecule has 2 atom stereocenters. The summed E-state index contributed by atoms with van der Waals surface area (Å²) in [5.74, 6) is 6.37. The average molecular weight is 960 g/mol. The number of nitrogens with zero attached hydrogens (tertiary/aromatic N) is 4. The van der Waals surface area contributed by atoms with E-state index in [1.807, 2.05) is 0 Å². The van der Waals surface area contributed by atoms with E-state index in [0.717, 1.165) is 47.4 Å². The van der Waals surface area contributed by atoms with Crippen LogP contribution in [0.15, 0.2) is 86.0 Å². The summed E-state index contributed by atoms with van der Waals surface area (Å²) in [6.07, 6.45) is 52.8. The van der Waals surface area contributed by atoms with Gasteiger partial charge in [0, 0.05) is 11.5 Å². The molecule has 2 heterocycles. The van der Waals surface area contributed by atoms with Crippen LogP contribution in [0, 0.1) is 0 Å². The first-order valence-electron chi connectivity index (χ1n) is 27.7. The van der Waals surface area contributed by atoms with Crippen LogP contribution in [0.2, 0.25) is 0 Å². The fourth-order valence-electron chi connectivity index (χ4n) is 9.17. The average Bonchev–Trinajstić information content (AvgIpc) is 3.98. The lowest BCUT2D eigenvalue weighted by Gasteiger charge is -2.16. The molecule has 67 heavy (non-hydrogen) atoms. The molecule has 6 nitrogen and oxygen atoms in total. The van der Waals surface area contributed by atoms with E-state index in [4.69, 9.17) is 9.47 Å². The van der Waals surface area contributed by atoms with Gasteiger partial charge in [-0.1, -0.05) is 192 Å². The zero-order chi connectivity index (χ0) is 47.3. The molecule has 0 saturated heterocycles. The van der Waals surface area contributed by atoms with E-state index in [1.54, 1.807) is 0 Å². The van der Waals surface area contributed by atoms with Gasteiger partial charge in [-0.3, -0.25) is 0 Å². The highest BCUT2D eigenvalue weighted by Crippen LogP contribution is 2.24. The van der Waals surface area contributed by atoms with E-state index in [-0.39, 0.29) is 12.1 Å². The minimum Gasteiger partial charge on any atom is -0.489 e. The highest BCUT2D eigenvalue weighted by atomic mass is 32.2. The van der Waals surface area contributed by atoms with Crippen LogP contribution in [-0.2, 0) is 26.9 Å². The van der Waals surface area contributed by atoms with Crippen LogP contribution in [0.3, 0.4) is 0 Å². The molecule has 0 aliphatic heterocycles. The number of unbranched alkanes of at least 4 members (excludes halogenated alkanes) is 24. The molecule has 2 unspecified atom stereocenters. The zero-order valence-electron chi connectivity index (χ0n) is 43.4. The Balaban J connectivity index is 1.09. The van der Waals surface area contributed by atoms with Crippen molar-refractivity contribution < 1.29 is 18.6 Å². The quantitative estimate of drug-likeness (QED) is 0.0327. The van der Waals surface area contributed by atoms with Crippen LogP contribution < -0.4 is 18.6 Å². The van der Waals surface area contributed by atoms with Gasteiger partial charge in [-0.15, -0.1) is 0 Å². The number of rotatable bonds is 44. The fourth-order valence-corrected chi connectivity index (χ4v) is 11.5. The summed E-state index contributed by atoms with van der Waals surface area (Å²) >= 11 is 4.11. The van der Waals surface area contributed by atoms with Crippen molar-refractivity contribution in [3.05, 3.63) is 97.1 Å². The Hall–Kier alpha value is -2.84. The maximum absolute atomic E-state index is 6.51. The molecule has 4 rings (SSSR count). The third-order valence-electron chi connectivity index (χ3n) is 13.4. The van der Waals surface area contributed by atoms with Crippen molar-refractivity contribution in [2.45, 2.75) is 212 Å². The summed E-state index contributed by atoms with van der Waals surface area (Å²) in [4.78, 5) is 0. The van der Waals surface area contributed by atoms with E-state index in [2.05, 4.69) is 156 Å². The van der Waals surface area contributed by atoms with Crippen molar-refractivity contribution >= 4 is 23.5 Å². The second-order valence-electron chi connectivity index (χ2n) is 19.8. The van der Waals surface area contributed by atoms with E-state index in [1.165, 1.54) is 184 Å². The highest BCUT2D eigenvalue weighted by Gasteiger charge is 2.20. The smallest absolute Gasteiger partial charge is 0.243 e. The van der Waals surface area contributed by atoms with E-state index in [9.17, 15) is 0 Å². The highest BCUT2D eigenvalue weighted by molar-refractivity contribution is 8.00. The minimum absolute atomic E-state index is 0.285. The van der Waals surface area contributed by atoms with E-state index in [0.29, 0.717) is 13.2 Å². The molecule has 0 fully saturated rings. The monoisotopic (exact) mass is 959 g/mol. The molecule has 2 aromatic carbocycles. The van der Waals surface area contributed by atoms with Gasteiger partial charge in [0.25, 0.3) is 0 Å². The van der Waals surface area contributed by atoms with Crippen molar-refractivity contribution in [1.82, 2.24) is 9.13 Å². The van der Waals surface area contributed by atoms with Gasteiger partial charge >= 0.3 is 0 Å². The van der Waals surface area contributed by atoms with Crippen molar-refractivity contribution in [3.63, 3.8) is 0 Å². The Kier molecular flexibility index (Phi) is 32.2. The van der Waals surface area contributed by atoms with Crippen LogP contribution >= 0.6 is 23.5 Å². The zero-order valence-corrected chi connectivity index (χ0v) is 45.0. The Bertz CT molecular complexity index is 1630. The van der Waals surface area contributed by atoms with E-state index < -0.39 is 0 Å². The predicted molar refractivity (Wildman–Crippen MR) is 291 cm³/mol. The molecule has 0 N–H and O–H groups in total. The Labute approximate surface area is 420 Å². The Morgan fingerprint density at radius 3 is 1.12 bits per heavy atom. The summed E-state index contributed by atoms with van der Waals surface area (Å²) in [6, 6.07) is 18.3. The molecule has 0 spiro atoms. The summed E-state index contributed by atoms with van der Waals surface area (Å²) in [7, 11) is 4.20. The number of imidazole rings is 2. The van der Waals surface area contributed by atoms with Gasteiger partial charge in [0.1, 0.15) is 61.6 Å². The van der Waals surface area contributed by atoms with Crippen LogP contribution in [0.1, 0.15) is 210 Å². The molecule has 4 aromatic rings. The first-order chi connectivity index (χ1) is 33.0. The summed E-state index contributed by atoms with van der Waals surface area (Å²) in [5.41, 5.74) is 2.81. The molecule has 2 aromatic heterocycles. The van der Waals surface area contributed by atoms with Crippen LogP contribution in [0.4, 0.5) is 0 Å². The van der Waals surface area contributed by atoms with Crippen LogP contribution in [0.5, 0.6) is 11.5 Å². The lowest BCUT2D eigenvalue weighted by Crippen LogP contribution is -2.26. The Morgan fingerprint density at radius 1 is 0.448 bits per heavy atom. The van der Waals surface area contributed by atoms with Crippen molar-refractivity contribution in [2.24, 2.45) is 14.1 Å². The summed E-state index contributed by atoms with van der Waals surface area (Å²) in [5, 5.41) is 0. The second-order valence-corrected chi connectivity index (χ2v) is 22.1. The van der Waals surface area contributed by atoms with Gasteiger partial charge < -0.3 is 9.47 Å². The third-order valence-corrected chi connectivity index (χ3v) is 15.8. The maximum atomic E-state index is 6.51. The topological polar surface area (TPSA) is 36.1 Å². The van der Waals surface area contributed by atoms with Gasteiger partial charge in [-0.25, -0.2) is 18.3 Å². The predicted octanol–water partition coefficient (Wildman–Crippen LogP) is 16.0. The van der Waals surface area contributed by atoms with Gasteiger partial charge in [0.15, 0.2) is 0 Å². The van der Waals surface area contributed by atoms with E-state index >= 15 is 0 Å². The first-order valence-corrected chi connectivity index (χ1v) is 30.0. The number of ether oxygens (including phenoxy) is 2. The molecule has 0 amide bonds. The minimum atomic E-state index is 0.285. The molecule has 0 saturated carbocycles. The Morgan fingerprint density at radius 2 is 0.791 bits per heavy atom. The molecule has 376 valence electrons. The number of aromatic nitrogens is 4. The van der Waals surface area contributed by atoms with Gasteiger partial charge in [-0.2, -0.15) is 23.5 Å². The largest absolute Gasteiger partial charge is 0.489 e. The molecule has 0 radical (unpaired) electrons. The lowest BCUT2D eigenvalue weighted by molar-refractivity contribution is -0.671. The lowest BCUT2D eigenvalue weighted by atomic mass is 10.0. The van der Waals surface area contributed by atoms with Gasteiger partial charge in [-0.05, 0) is 79.0 Å². The summed E-state index contributed by atoms with van der Waals surface area (Å²) < 4.78 is 21.9.